The number of aromatic nitrogens is 1. The highest BCUT2D eigenvalue weighted by atomic mass is 16.5. The summed E-state index contributed by atoms with van der Waals surface area (Å²) in [6.07, 6.45) is 3.75. The summed E-state index contributed by atoms with van der Waals surface area (Å²) in [7, 11) is 0. The Morgan fingerprint density at radius 2 is 1.22 bits per heavy atom. The van der Waals surface area contributed by atoms with E-state index in [1.807, 2.05) is 71.4 Å². The number of pyridine rings is 1. The Morgan fingerprint density at radius 3 is 1.89 bits per heavy atom. The Labute approximate surface area is 212 Å². The van der Waals surface area contributed by atoms with Crippen molar-refractivity contribution in [2.45, 2.75) is 25.3 Å². The molecule has 3 heteroatoms. The van der Waals surface area contributed by atoms with Gasteiger partial charge in [-0.2, -0.15) is 0 Å². The van der Waals surface area contributed by atoms with Crippen LogP contribution in [0.4, 0.5) is 0 Å². The molecule has 0 amide bonds. The summed E-state index contributed by atoms with van der Waals surface area (Å²) in [6.45, 7) is 0.659. The largest absolute Gasteiger partial charge is 0.457 e. The summed E-state index contributed by atoms with van der Waals surface area (Å²) < 4.78 is 7.82. The van der Waals surface area contributed by atoms with Gasteiger partial charge in [-0.15, -0.1) is 0 Å². The van der Waals surface area contributed by atoms with Crippen LogP contribution in [0, 0.1) is 0 Å². The van der Waals surface area contributed by atoms with Crippen molar-refractivity contribution in [1.82, 2.24) is 4.57 Å². The topological polar surface area (TPSA) is 31.2 Å². The van der Waals surface area contributed by atoms with Gasteiger partial charge in [-0.3, -0.25) is 4.79 Å². The fraction of sp³-hybridized carbons (Fsp3) is 0.121. The molecule has 0 atom stereocenters. The predicted octanol–water partition coefficient (Wildman–Crippen LogP) is 7.45. The molecule has 0 unspecified atom stereocenters. The number of rotatable bonds is 9. The number of hydrogen-bond donors (Lipinski definition) is 0. The monoisotopic (exact) mass is 471 g/mol. The lowest BCUT2D eigenvalue weighted by molar-refractivity contribution is 0.481. The van der Waals surface area contributed by atoms with Crippen LogP contribution in [0.1, 0.15) is 34.6 Å². The molecule has 4 aromatic carbocycles. The van der Waals surface area contributed by atoms with Crippen LogP contribution in [0.5, 0.6) is 11.5 Å². The fourth-order valence-corrected chi connectivity index (χ4v) is 4.61. The van der Waals surface area contributed by atoms with Crippen molar-refractivity contribution in [3.8, 4) is 11.5 Å². The maximum Gasteiger partial charge on any atom is 0.250 e. The number of ether oxygens (including phenoxy) is 1. The van der Waals surface area contributed by atoms with Gasteiger partial charge in [0.2, 0.25) is 0 Å². The molecule has 0 aliphatic heterocycles. The maximum atomic E-state index is 12.7. The van der Waals surface area contributed by atoms with Crippen molar-refractivity contribution in [1.29, 1.82) is 0 Å². The van der Waals surface area contributed by atoms with Crippen LogP contribution in [0.15, 0.2) is 138 Å². The zero-order valence-corrected chi connectivity index (χ0v) is 20.2. The summed E-state index contributed by atoms with van der Waals surface area (Å²) in [5.74, 6) is 1.72. The maximum absolute atomic E-state index is 12.7. The predicted molar refractivity (Wildman–Crippen MR) is 146 cm³/mol. The van der Waals surface area contributed by atoms with Gasteiger partial charge in [-0.25, -0.2) is 0 Å². The zero-order chi connectivity index (χ0) is 24.6. The molecule has 0 aliphatic rings. The quantitative estimate of drug-likeness (QED) is 0.223. The Kier molecular flexibility index (Phi) is 7.38. The van der Waals surface area contributed by atoms with Gasteiger partial charge in [0.05, 0.1) is 0 Å². The first kappa shape index (κ1) is 23.4. The van der Waals surface area contributed by atoms with E-state index in [9.17, 15) is 4.79 Å². The van der Waals surface area contributed by atoms with Crippen LogP contribution in [0.2, 0.25) is 0 Å². The molecule has 0 saturated carbocycles. The second kappa shape index (κ2) is 11.4. The van der Waals surface area contributed by atoms with Crippen LogP contribution >= 0.6 is 0 Å². The molecule has 1 aromatic heterocycles. The minimum absolute atomic E-state index is 0.0276. The van der Waals surface area contributed by atoms with Gasteiger partial charge in [0.25, 0.3) is 5.56 Å². The van der Waals surface area contributed by atoms with Crippen LogP contribution in [0.3, 0.4) is 0 Å². The lowest BCUT2D eigenvalue weighted by Gasteiger charge is -2.20. The van der Waals surface area contributed by atoms with E-state index in [1.165, 1.54) is 16.7 Å². The number of benzene rings is 4. The number of nitrogens with zero attached hydrogens (tertiary/aromatic N) is 1. The van der Waals surface area contributed by atoms with Crippen molar-refractivity contribution in [2.75, 3.05) is 0 Å². The third-order valence-electron chi connectivity index (χ3n) is 6.35. The zero-order valence-electron chi connectivity index (χ0n) is 20.2. The highest BCUT2D eigenvalue weighted by Crippen LogP contribution is 2.31. The fourth-order valence-electron chi connectivity index (χ4n) is 4.61. The van der Waals surface area contributed by atoms with Crippen molar-refractivity contribution < 1.29 is 4.74 Å². The van der Waals surface area contributed by atoms with Gasteiger partial charge in [-0.1, -0.05) is 97.1 Å². The summed E-state index contributed by atoms with van der Waals surface area (Å²) in [6, 6.07) is 42.6. The van der Waals surface area contributed by atoms with Gasteiger partial charge >= 0.3 is 0 Å². The molecule has 0 saturated heterocycles. The minimum atomic E-state index is 0.0276. The Hall–Kier alpha value is -4.37. The minimum Gasteiger partial charge on any atom is -0.457 e. The molecule has 5 aromatic rings. The van der Waals surface area contributed by atoms with Crippen LogP contribution in [-0.4, -0.2) is 4.57 Å². The van der Waals surface area contributed by atoms with Crippen molar-refractivity contribution in [3.63, 3.8) is 0 Å². The molecule has 0 bridgehead atoms. The van der Waals surface area contributed by atoms with E-state index in [0.717, 1.165) is 29.9 Å². The number of aryl methyl sites for hydroxylation is 2. The van der Waals surface area contributed by atoms with E-state index in [4.69, 9.17) is 4.74 Å². The third kappa shape index (κ3) is 5.81. The van der Waals surface area contributed by atoms with Gasteiger partial charge in [0.1, 0.15) is 11.5 Å². The average Bonchev–Trinajstić information content (AvgIpc) is 2.92. The smallest absolute Gasteiger partial charge is 0.250 e. The van der Waals surface area contributed by atoms with E-state index in [2.05, 4.69) is 60.7 Å². The second-order valence-electron chi connectivity index (χ2n) is 8.91. The average molecular weight is 472 g/mol. The lowest BCUT2D eigenvalue weighted by Crippen LogP contribution is -2.20. The summed E-state index contributed by atoms with van der Waals surface area (Å²) in [5, 5.41) is 0. The van der Waals surface area contributed by atoms with Crippen LogP contribution in [0.25, 0.3) is 0 Å². The molecule has 1 heterocycles. The third-order valence-corrected chi connectivity index (χ3v) is 6.35. The highest BCUT2D eigenvalue weighted by molar-refractivity contribution is 5.42. The van der Waals surface area contributed by atoms with Crippen molar-refractivity contribution >= 4 is 0 Å². The number of hydrogen-bond acceptors (Lipinski definition) is 2. The van der Waals surface area contributed by atoms with Crippen LogP contribution < -0.4 is 10.3 Å². The Morgan fingerprint density at radius 1 is 0.611 bits per heavy atom. The standard InChI is InChI=1S/C33H29NO2/c35-32-22-21-29(33(27-14-4-1-5-15-27)28-16-6-2-7-17-28)25-34(32)23-11-13-26-12-10-20-31(24-26)36-30-18-8-3-9-19-30/h1-10,12,14-22,24-25,33H,11,13,23H2. The Balaban J connectivity index is 1.32. The summed E-state index contributed by atoms with van der Waals surface area (Å²) >= 11 is 0. The number of para-hydroxylation sites is 1. The molecule has 3 nitrogen and oxygen atoms in total. The van der Waals surface area contributed by atoms with Gasteiger partial charge in [0.15, 0.2) is 0 Å². The van der Waals surface area contributed by atoms with E-state index >= 15 is 0 Å². The molecule has 0 aliphatic carbocycles. The first-order valence-electron chi connectivity index (χ1n) is 12.4. The SMILES string of the molecule is O=c1ccc(C(c2ccccc2)c2ccccc2)cn1CCCc1cccc(Oc2ccccc2)c1. The molecule has 0 N–H and O–H groups in total. The second-order valence-corrected chi connectivity index (χ2v) is 8.91. The van der Waals surface area contributed by atoms with Crippen LogP contribution in [-0.2, 0) is 13.0 Å². The molecule has 0 radical (unpaired) electrons. The summed E-state index contributed by atoms with van der Waals surface area (Å²) in [4.78, 5) is 12.7. The van der Waals surface area contributed by atoms with E-state index in [1.54, 1.807) is 6.07 Å². The highest BCUT2D eigenvalue weighted by Gasteiger charge is 2.17. The molecule has 5 rings (SSSR count). The Bertz CT molecular complexity index is 1400. The van der Waals surface area contributed by atoms with E-state index < -0.39 is 0 Å². The first-order valence-corrected chi connectivity index (χ1v) is 12.4. The molecule has 178 valence electrons. The summed E-state index contributed by atoms with van der Waals surface area (Å²) in [5.41, 5.74) is 4.76. The molecular formula is C33H29NO2. The van der Waals surface area contributed by atoms with Gasteiger partial charge in [0, 0.05) is 24.7 Å². The van der Waals surface area contributed by atoms with E-state index in [-0.39, 0.29) is 11.5 Å². The van der Waals surface area contributed by atoms with Gasteiger partial charge < -0.3 is 9.30 Å². The molecule has 36 heavy (non-hydrogen) atoms. The normalized spacial score (nSPS) is 10.9. The first-order chi connectivity index (χ1) is 17.8. The van der Waals surface area contributed by atoms with Crippen molar-refractivity contribution in [2.24, 2.45) is 0 Å². The van der Waals surface area contributed by atoms with E-state index in [0.29, 0.717) is 6.54 Å². The molecule has 0 spiro atoms. The molecular weight excluding hydrogens is 442 g/mol. The van der Waals surface area contributed by atoms with Gasteiger partial charge in [-0.05, 0) is 59.4 Å². The molecule has 0 fully saturated rings. The van der Waals surface area contributed by atoms with Crippen molar-refractivity contribution in [3.05, 3.63) is 166 Å². The lowest BCUT2D eigenvalue weighted by atomic mass is 9.86.